The molecule has 0 heterocycles. The Morgan fingerprint density at radius 3 is 2.90 bits per heavy atom. The van der Waals surface area contributed by atoms with Gasteiger partial charge in [-0.05, 0) is 44.5 Å². The topological polar surface area (TPSA) is 64.6 Å². The van der Waals surface area contributed by atoms with Crippen molar-refractivity contribution in [1.82, 2.24) is 10.2 Å². The van der Waals surface area contributed by atoms with Crippen molar-refractivity contribution >= 4 is 11.7 Å². The maximum atomic E-state index is 11.8. The molecule has 1 saturated carbocycles. The minimum absolute atomic E-state index is 0.211. The van der Waals surface area contributed by atoms with Crippen molar-refractivity contribution in [3.63, 3.8) is 0 Å². The molecule has 0 aromatic heterocycles. The number of benzene rings is 1. The van der Waals surface area contributed by atoms with Crippen molar-refractivity contribution in [2.75, 3.05) is 25.5 Å². The molecule has 1 aliphatic carbocycles. The second kappa shape index (κ2) is 6.72. The van der Waals surface area contributed by atoms with E-state index in [1.807, 2.05) is 18.2 Å². The van der Waals surface area contributed by atoms with E-state index in [-0.39, 0.29) is 6.03 Å². The first-order chi connectivity index (χ1) is 9.56. The predicted octanol–water partition coefficient (Wildman–Crippen LogP) is 1.96. The van der Waals surface area contributed by atoms with Gasteiger partial charge in [-0.3, -0.25) is 0 Å². The number of rotatable bonds is 6. The van der Waals surface area contributed by atoms with Gasteiger partial charge in [-0.15, -0.1) is 0 Å². The largest absolute Gasteiger partial charge is 0.389 e. The number of likely N-dealkylation sites (N-methyl/N-ethyl adjacent to an activating group) is 1. The molecule has 1 aromatic carbocycles. The fourth-order valence-corrected chi connectivity index (χ4v) is 2.10. The van der Waals surface area contributed by atoms with Crippen molar-refractivity contribution < 1.29 is 9.90 Å². The van der Waals surface area contributed by atoms with E-state index in [9.17, 15) is 9.90 Å². The number of nitrogens with one attached hydrogen (secondary N) is 2. The highest BCUT2D eigenvalue weighted by Gasteiger charge is 2.25. The Balaban J connectivity index is 1.74. The fraction of sp³-hybridized carbons (Fsp3) is 0.533. The average molecular weight is 277 g/mol. The quantitative estimate of drug-likeness (QED) is 0.744. The molecule has 0 radical (unpaired) electrons. The molecule has 2 amide bonds. The monoisotopic (exact) mass is 277 g/mol. The van der Waals surface area contributed by atoms with Gasteiger partial charge < -0.3 is 20.6 Å². The number of nitrogens with zero attached hydrogens (tertiary/aromatic N) is 1. The van der Waals surface area contributed by atoms with Crippen molar-refractivity contribution in [2.24, 2.45) is 0 Å². The summed E-state index contributed by atoms with van der Waals surface area (Å²) < 4.78 is 0. The van der Waals surface area contributed by atoms with Gasteiger partial charge in [0.25, 0.3) is 0 Å². The Kier molecular flexibility index (Phi) is 4.98. The van der Waals surface area contributed by atoms with E-state index in [0.29, 0.717) is 18.3 Å². The van der Waals surface area contributed by atoms with Crippen LogP contribution in [0.3, 0.4) is 0 Å². The highest BCUT2D eigenvalue weighted by molar-refractivity contribution is 5.89. The number of hydrogen-bond donors (Lipinski definition) is 3. The van der Waals surface area contributed by atoms with Crippen LogP contribution in [0.1, 0.15) is 31.4 Å². The van der Waals surface area contributed by atoms with Crippen LogP contribution in [-0.4, -0.2) is 42.2 Å². The summed E-state index contributed by atoms with van der Waals surface area (Å²) in [5.41, 5.74) is 1.48. The predicted molar refractivity (Wildman–Crippen MR) is 79.7 cm³/mol. The molecule has 0 aliphatic heterocycles. The molecule has 5 heteroatoms. The van der Waals surface area contributed by atoms with Crippen molar-refractivity contribution in [1.29, 1.82) is 0 Å². The first-order valence-corrected chi connectivity index (χ1v) is 7.09. The normalized spacial score (nSPS) is 16.0. The molecule has 0 bridgehead atoms. The van der Waals surface area contributed by atoms with Gasteiger partial charge in [0.15, 0.2) is 0 Å². The summed E-state index contributed by atoms with van der Waals surface area (Å²) in [4.78, 5) is 14.0. The maximum Gasteiger partial charge on any atom is 0.319 e. The molecule has 5 nitrogen and oxygen atoms in total. The van der Waals surface area contributed by atoms with Gasteiger partial charge >= 0.3 is 6.03 Å². The Morgan fingerprint density at radius 1 is 1.50 bits per heavy atom. The van der Waals surface area contributed by atoms with E-state index in [2.05, 4.69) is 22.6 Å². The number of urea groups is 1. The number of aliphatic hydroxyl groups excluding tert-OH is 1. The first kappa shape index (κ1) is 14.8. The van der Waals surface area contributed by atoms with E-state index in [1.165, 1.54) is 12.8 Å². The van der Waals surface area contributed by atoms with Gasteiger partial charge in [-0.2, -0.15) is 0 Å². The molecule has 1 aromatic rings. The number of amides is 2. The Labute approximate surface area is 120 Å². The molecular formula is C15H23N3O2. The van der Waals surface area contributed by atoms with Crippen LogP contribution >= 0.6 is 0 Å². The third-order valence-electron chi connectivity index (χ3n) is 3.55. The number of hydrogen-bond acceptors (Lipinski definition) is 3. The minimum Gasteiger partial charge on any atom is -0.389 e. The highest BCUT2D eigenvalue weighted by atomic mass is 16.3. The molecular weight excluding hydrogens is 254 g/mol. The third kappa shape index (κ3) is 4.51. The maximum absolute atomic E-state index is 11.8. The second-order valence-corrected chi connectivity index (χ2v) is 5.39. The van der Waals surface area contributed by atoms with E-state index in [1.54, 1.807) is 13.0 Å². The van der Waals surface area contributed by atoms with Crippen molar-refractivity contribution in [3.8, 4) is 0 Å². The summed E-state index contributed by atoms with van der Waals surface area (Å²) in [6, 6.07) is 7.73. The SMILES string of the molecule is CC(O)c1cccc(NC(=O)NCCN(C)C2CC2)c1. The molecule has 3 N–H and O–H groups in total. The number of anilines is 1. The molecule has 20 heavy (non-hydrogen) atoms. The lowest BCUT2D eigenvalue weighted by Crippen LogP contribution is -2.36. The summed E-state index contributed by atoms with van der Waals surface area (Å²) in [7, 11) is 2.09. The molecule has 110 valence electrons. The van der Waals surface area contributed by atoms with Crippen molar-refractivity contribution in [3.05, 3.63) is 29.8 Å². The van der Waals surface area contributed by atoms with Crippen LogP contribution in [0.4, 0.5) is 10.5 Å². The lowest BCUT2D eigenvalue weighted by atomic mass is 10.1. The van der Waals surface area contributed by atoms with E-state index in [4.69, 9.17) is 0 Å². The summed E-state index contributed by atoms with van der Waals surface area (Å²) in [5, 5.41) is 15.1. The Morgan fingerprint density at radius 2 is 2.25 bits per heavy atom. The zero-order valence-corrected chi connectivity index (χ0v) is 12.1. The van der Waals surface area contributed by atoms with Gasteiger partial charge in [0.1, 0.15) is 0 Å². The van der Waals surface area contributed by atoms with Crippen molar-refractivity contribution in [2.45, 2.75) is 31.9 Å². The Hall–Kier alpha value is -1.59. The summed E-state index contributed by atoms with van der Waals surface area (Å²) >= 11 is 0. The van der Waals surface area contributed by atoms with Crippen LogP contribution in [0.15, 0.2) is 24.3 Å². The second-order valence-electron chi connectivity index (χ2n) is 5.39. The van der Waals surface area contributed by atoms with Gasteiger partial charge in [0.05, 0.1) is 6.10 Å². The van der Waals surface area contributed by atoms with Gasteiger partial charge in [0.2, 0.25) is 0 Å². The minimum atomic E-state index is -0.535. The van der Waals surface area contributed by atoms with Crippen LogP contribution < -0.4 is 10.6 Å². The summed E-state index contributed by atoms with van der Waals surface area (Å²) in [6.07, 6.45) is 2.01. The molecule has 1 atom stereocenters. The average Bonchev–Trinajstić information content (AvgIpc) is 3.23. The number of aliphatic hydroxyl groups is 1. The van der Waals surface area contributed by atoms with Crippen LogP contribution in [0.25, 0.3) is 0 Å². The highest BCUT2D eigenvalue weighted by Crippen LogP contribution is 2.24. The number of carbonyl (C=O) groups is 1. The lowest BCUT2D eigenvalue weighted by molar-refractivity contribution is 0.199. The van der Waals surface area contributed by atoms with Crippen LogP contribution in [0, 0.1) is 0 Å². The fourth-order valence-electron chi connectivity index (χ4n) is 2.10. The molecule has 1 fully saturated rings. The third-order valence-corrected chi connectivity index (χ3v) is 3.55. The molecule has 1 unspecified atom stereocenters. The lowest BCUT2D eigenvalue weighted by Gasteiger charge is -2.16. The van der Waals surface area contributed by atoms with Gasteiger partial charge in [-0.1, -0.05) is 12.1 Å². The van der Waals surface area contributed by atoms with Crippen LogP contribution in [-0.2, 0) is 0 Å². The Bertz CT molecular complexity index is 458. The molecule has 0 saturated heterocycles. The van der Waals surface area contributed by atoms with E-state index >= 15 is 0 Å². The zero-order chi connectivity index (χ0) is 14.5. The smallest absolute Gasteiger partial charge is 0.319 e. The molecule has 1 aliphatic rings. The standard InChI is InChI=1S/C15H23N3O2/c1-11(19)12-4-3-5-13(10-12)17-15(20)16-8-9-18(2)14-6-7-14/h3-5,10-11,14,19H,6-9H2,1-2H3,(H2,16,17,20). The molecule has 2 rings (SSSR count). The van der Waals surface area contributed by atoms with Crippen LogP contribution in [0.2, 0.25) is 0 Å². The van der Waals surface area contributed by atoms with Crippen LogP contribution in [0.5, 0.6) is 0 Å². The summed E-state index contributed by atoms with van der Waals surface area (Å²) in [6.45, 7) is 3.20. The van der Waals surface area contributed by atoms with Gasteiger partial charge in [-0.25, -0.2) is 4.79 Å². The first-order valence-electron chi connectivity index (χ1n) is 7.09. The number of carbonyl (C=O) groups excluding carboxylic acids is 1. The molecule has 0 spiro atoms. The van der Waals surface area contributed by atoms with E-state index < -0.39 is 6.10 Å². The van der Waals surface area contributed by atoms with E-state index in [0.717, 1.165) is 12.1 Å². The summed E-state index contributed by atoms with van der Waals surface area (Å²) in [5.74, 6) is 0. The van der Waals surface area contributed by atoms with Gasteiger partial charge in [0, 0.05) is 24.8 Å². The zero-order valence-electron chi connectivity index (χ0n) is 12.1.